The van der Waals surface area contributed by atoms with Crippen molar-refractivity contribution in [3.05, 3.63) is 41.7 Å². The number of aliphatic hydroxyl groups is 2. The van der Waals surface area contributed by atoms with Crippen LogP contribution >= 0.6 is 0 Å². The first-order valence-electron chi connectivity index (χ1n) is 12.6. The Balaban J connectivity index is 1.54. The van der Waals surface area contributed by atoms with Crippen molar-refractivity contribution >= 4 is 17.4 Å². The second-order valence-electron chi connectivity index (χ2n) is 11.0. The molecule has 0 aliphatic carbocycles. The van der Waals surface area contributed by atoms with Gasteiger partial charge in [0, 0.05) is 12.1 Å². The Bertz CT molecular complexity index is 1030. The van der Waals surface area contributed by atoms with E-state index in [9.17, 15) is 19.4 Å². The summed E-state index contributed by atoms with van der Waals surface area (Å²) in [6.07, 6.45) is 3.89. The molecular formula is C26H36FN5O3. The van der Waals surface area contributed by atoms with Crippen molar-refractivity contribution in [2.24, 2.45) is 4.99 Å². The molecule has 2 saturated heterocycles. The molecule has 4 N–H and O–H groups in total. The molecule has 1 aromatic carbocycles. The van der Waals surface area contributed by atoms with Gasteiger partial charge in [0.1, 0.15) is 17.8 Å². The van der Waals surface area contributed by atoms with Crippen LogP contribution in [0.1, 0.15) is 46.0 Å². The molecule has 8 nitrogen and oxygen atoms in total. The topological polar surface area (TPSA) is 100 Å². The molecule has 4 aliphatic heterocycles. The van der Waals surface area contributed by atoms with Crippen molar-refractivity contribution in [1.29, 1.82) is 0 Å². The molecule has 1 aromatic rings. The summed E-state index contributed by atoms with van der Waals surface area (Å²) in [4.78, 5) is 22.7. The molecule has 4 aliphatic rings. The number of amides is 1. The molecule has 0 saturated carbocycles. The summed E-state index contributed by atoms with van der Waals surface area (Å²) < 4.78 is 13.7. The number of hydrogen-bond acceptors (Lipinski definition) is 7. The Hall–Kier alpha value is -2.33. The SMILES string of the molecule is CC1(C)C=C2C(=O)N(CC3(O)CCNCC3)C(CC3(O)CCNCC3)N=C2N1c1ccc(F)cc1. The Kier molecular flexibility index (Phi) is 6.24. The minimum atomic E-state index is -0.992. The molecule has 2 fully saturated rings. The van der Waals surface area contributed by atoms with Gasteiger partial charge in [-0.25, -0.2) is 9.38 Å². The number of halogens is 1. The maximum absolute atomic E-state index is 14.0. The van der Waals surface area contributed by atoms with Gasteiger partial charge in [-0.3, -0.25) is 4.79 Å². The lowest BCUT2D eigenvalue weighted by Crippen LogP contribution is -2.58. The van der Waals surface area contributed by atoms with Gasteiger partial charge in [0.05, 0.1) is 28.9 Å². The molecule has 9 heteroatoms. The first-order chi connectivity index (χ1) is 16.6. The van der Waals surface area contributed by atoms with E-state index in [4.69, 9.17) is 4.99 Å². The first-order valence-corrected chi connectivity index (χ1v) is 12.6. The van der Waals surface area contributed by atoms with Crippen LogP contribution in [0.25, 0.3) is 0 Å². The van der Waals surface area contributed by atoms with Crippen LogP contribution < -0.4 is 15.5 Å². The zero-order valence-electron chi connectivity index (χ0n) is 20.6. The van der Waals surface area contributed by atoms with E-state index < -0.39 is 22.9 Å². The highest BCUT2D eigenvalue weighted by atomic mass is 19.1. The Morgan fingerprint density at radius 3 is 2.17 bits per heavy atom. The predicted octanol–water partition coefficient (Wildman–Crippen LogP) is 1.54. The van der Waals surface area contributed by atoms with Gasteiger partial charge in [0.15, 0.2) is 0 Å². The third-order valence-corrected chi connectivity index (χ3v) is 7.83. The zero-order chi connectivity index (χ0) is 24.8. The second kappa shape index (κ2) is 8.96. The largest absolute Gasteiger partial charge is 0.390 e. The van der Waals surface area contributed by atoms with Crippen LogP contribution in [-0.4, -0.2) is 82.5 Å². The lowest BCUT2D eigenvalue weighted by atomic mass is 9.86. The minimum Gasteiger partial charge on any atom is -0.390 e. The number of benzene rings is 1. The summed E-state index contributed by atoms with van der Waals surface area (Å²) in [7, 11) is 0. The molecule has 190 valence electrons. The molecule has 0 bridgehead atoms. The zero-order valence-corrected chi connectivity index (χ0v) is 20.6. The van der Waals surface area contributed by atoms with Gasteiger partial charge < -0.3 is 30.6 Å². The molecule has 35 heavy (non-hydrogen) atoms. The van der Waals surface area contributed by atoms with Crippen LogP contribution in [0.3, 0.4) is 0 Å². The van der Waals surface area contributed by atoms with E-state index in [0.717, 1.165) is 5.69 Å². The fraction of sp³-hybridized carbons (Fsp3) is 0.615. The van der Waals surface area contributed by atoms with E-state index in [2.05, 4.69) is 10.6 Å². The summed E-state index contributed by atoms with van der Waals surface area (Å²) in [6.45, 7) is 6.99. The van der Waals surface area contributed by atoms with Gasteiger partial charge in [0.2, 0.25) is 0 Å². The number of nitrogens with one attached hydrogen (secondary N) is 2. The van der Waals surface area contributed by atoms with E-state index in [1.165, 1.54) is 12.1 Å². The number of hydrogen-bond donors (Lipinski definition) is 4. The fourth-order valence-electron chi connectivity index (χ4n) is 5.84. The van der Waals surface area contributed by atoms with E-state index in [-0.39, 0.29) is 18.3 Å². The lowest BCUT2D eigenvalue weighted by Gasteiger charge is -2.45. The number of piperidine rings is 2. The third-order valence-electron chi connectivity index (χ3n) is 7.83. The van der Waals surface area contributed by atoms with Gasteiger partial charge >= 0.3 is 0 Å². The maximum atomic E-state index is 14.0. The van der Waals surface area contributed by atoms with Gasteiger partial charge in [0.25, 0.3) is 5.91 Å². The fourth-order valence-corrected chi connectivity index (χ4v) is 5.84. The quantitative estimate of drug-likeness (QED) is 0.505. The highest BCUT2D eigenvalue weighted by molar-refractivity contribution is 6.29. The number of nitrogens with zero attached hydrogens (tertiary/aromatic N) is 3. The van der Waals surface area contributed by atoms with Crippen LogP contribution in [0.5, 0.6) is 0 Å². The van der Waals surface area contributed by atoms with Crippen LogP contribution in [-0.2, 0) is 4.79 Å². The second-order valence-corrected chi connectivity index (χ2v) is 11.0. The molecule has 4 heterocycles. The highest BCUT2D eigenvalue weighted by Crippen LogP contribution is 2.40. The van der Waals surface area contributed by atoms with Crippen molar-refractivity contribution in [1.82, 2.24) is 15.5 Å². The van der Waals surface area contributed by atoms with Crippen molar-refractivity contribution in [2.45, 2.75) is 68.9 Å². The molecule has 1 atom stereocenters. The molecule has 0 aromatic heterocycles. The molecule has 0 spiro atoms. The van der Waals surface area contributed by atoms with Gasteiger partial charge in [-0.15, -0.1) is 0 Å². The number of aliphatic imine (C=N–C) groups is 1. The average molecular weight is 486 g/mol. The number of carbonyl (C=O) groups excluding carboxylic acids is 1. The van der Waals surface area contributed by atoms with Crippen LogP contribution in [0.4, 0.5) is 10.1 Å². The summed E-state index contributed by atoms with van der Waals surface area (Å²) in [6, 6.07) is 6.20. The van der Waals surface area contributed by atoms with Crippen molar-refractivity contribution < 1.29 is 19.4 Å². The maximum Gasteiger partial charge on any atom is 0.259 e. The standard InChI is InChI=1S/C26H36FN5O3/c1-24(2)15-20-22(32(24)19-5-3-18(27)4-6-19)30-21(16-25(34)7-11-28-12-8-25)31(23(20)33)17-26(35)9-13-29-14-10-26/h3-6,15,21,28-29,34-35H,7-14,16-17H2,1-2H3. The number of anilines is 1. The van der Waals surface area contributed by atoms with Crippen LogP contribution in [0, 0.1) is 5.82 Å². The Morgan fingerprint density at radius 2 is 1.57 bits per heavy atom. The van der Waals surface area contributed by atoms with Crippen molar-refractivity contribution in [3.8, 4) is 0 Å². The van der Waals surface area contributed by atoms with E-state index in [1.54, 1.807) is 17.0 Å². The third kappa shape index (κ3) is 4.74. The summed E-state index contributed by atoms with van der Waals surface area (Å²) in [5.41, 5.74) is -1.25. The van der Waals surface area contributed by atoms with E-state index >= 15 is 0 Å². The Labute approximate surface area is 205 Å². The van der Waals surface area contributed by atoms with E-state index in [1.807, 2.05) is 24.8 Å². The molecule has 1 amide bonds. The van der Waals surface area contributed by atoms with Gasteiger partial charge in [-0.1, -0.05) is 0 Å². The highest BCUT2D eigenvalue weighted by Gasteiger charge is 2.49. The number of carbonyl (C=O) groups is 1. The summed E-state index contributed by atoms with van der Waals surface area (Å²) in [5, 5.41) is 29.2. The average Bonchev–Trinajstić information content (AvgIpc) is 3.08. The minimum absolute atomic E-state index is 0.178. The summed E-state index contributed by atoms with van der Waals surface area (Å²) >= 11 is 0. The molecule has 1 unspecified atom stereocenters. The van der Waals surface area contributed by atoms with Gasteiger partial charge in [-0.05, 0) is 96.1 Å². The van der Waals surface area contributed by atoms with Crippen LogP contribution in [0.2, 0.25) is 0 Å². The Morgan fingerprint density at radius 1 is 1.00 bits per heavy atom. The number of β-amino-alcohol motifs (C(OH)–C–C–N with tert-alkyl or cyclic N) is 1. The first kappa shape index (κ1) is 24.4. The van der Waals surface area contributed by atoms with E-state index in [0.29, 0.717) is 69.7 Å². The van der Waals surface area contributed by atoms with Crippen molar-refractivity contribution in [2.75, 3.05) is 37.6 Å². The van der Waals surface area contributed by atoms with Gasteiger partial charge in [-0.2, -0.15) is 0 Å². The smallest absolute Gasteiger partial charge is 0.259 e. The molecular weight excluding hydrogens is 449 g/mol. The monoisotopic (exact) mass is 485 g/mol. The predicted molar refractivity (Wildman–Crippen MR) is 133 cm³/mol. The van der Waals surface area contributed by atoms with Crippen molar-refractivity contribution in [3.63, 3.8) is 0 Å². The number of rotatable bonds is 5. The summed E-state index contributed by atoms with van der Waals surface area (Å²) in [5.74, 6) is 0.0397. The molecule has 5 rings (SSSR count). The normalized spacial score (nSPS) is 27.3. The number of amidine groups is 1. The number of fused-ring (bicyclic) bond motifs is 1. The van der Waals surface area contributed by atoms with Crippen LogP contribution in [0.15, 0.2) is 40.9 Å². The lowest BCUT2D eigenvalue weighted by molar-refractivity contribution is -0.137. The molecule has 0 radical (unpaired) electrons.